The summed E-state index contributed by atoms with van der Waals surface area (Å²) in [4.78, 5) is 11.1. The van der Waals surface area contributed by atoms with E-state index in [0.717, 1.165) is 6.42 Å². The van der Waals surface area contributed by atoms with E-state index in [1.165, 1.54) is 5.56 Å². The maximum atomic E-state index is 11.1. The van der Waals surface area contributed by atoms with Gasteiger partial charge in [0.15, 0.2) is 0 Å². The molecular weight excluding hydrogens is 228 g/mol. The fraction of sp³-hybridized carbons (Fsp3) is 0.533. The standard InChI is InChI=1S/C15H22O3/c1-3-15(17)18-12(2)11-14(16)10-9-13-7-5-4-6-8-13/h4-8,12,14,16H,3,9-11H2,1-2H3/t12-,14-/m1/s1. The molecule has 0 saturated carbocycles. The highest BCUT2D eigenvalue weighted by Crippen LogP contribution is 2.10. The van der Waals surface area contributed by atoms with E-state index in [2.05, 4.69) is 0 Å². The fourth-order valence-corrected chi connectivity index (χ4v) is 1.83. The predicted octanol–water partition coefficient (Wildman–Crippen LogP) is 2.71. The molecule has 0 aliphatic rings. The number of aliphatic hydroxyl groups excluding tert-OH is 1. The Kier molecular flexibility index (Phi) is 6.44. The summed E-state index contributed by atoms with van der Waals surface area (Å²) in [7, 11) is 0. The van der Waals surface area contributed by atoms with Crippen molar-refractivity contribution in [3.63, 3.8) is 0 Å². The molecule has 0 unspecified atom stereocenters. The lowest BCUT2D eigenvalue weighted by Crippen LogP contribution is -2.21. The Hall–Kier alpha value is -1.35. The van der Waals surface area contributed by atoms with Crippen molar-refractivity contribution in [1.82, 2.24) is 0 Å². The number of ether oxygens (including phenoxy) is 1. The van der Waals surface area contributed by atoms with Crippen LogP contribution in [0, 0.1) is 0 Å². The Morgan fingerprint density at radius 3 is 2.61 bits per heavy atom. The number of esters is 1. The number of rotatable bonds is 7. The summed E-state index contributed by atoms with van der Waals surface area (Å²) >= 11 is 0. The monoisotopic (exact) mass is 250 g/mol. The first kappa shape index (κ1) is 14.7. The summed E-state index contributed by atoms with van der Waals surface area (Å²) in [6, 6.07) is 10.1. The van der Waals surface area contributed by atoms with Gasteiger partial charge < -0.3 is 9.84 Å². The molecule has 0 spiro atoms. The van der Waals surface area contributed by atoms with Gasteiger partial charge in [-0.05, 0) is 25.3 Å². The number of benzene rings is 1. The average Bonchev–Trinajstić information content (AvgIpc) is 2.37. The van der Waals surface area contributed by atoms with E-state index >= 15 is 0 Å². The van der Waals surface area contributed by atoms with Gasteiger partial charge in [0.1, 0.15) is 6.10 Å². The minimum atomic E-state index is -0.426. The lowest BCUT2D eigenvalue weighted by Gasteiger charge is -2.17. The second-order valence-electron chi connectivity index (χ2n) is 4.57. The third-order valence-electron chi connectivity index (χ3n) is 2.83. The maximum Gasteiger partial charge on any atom is 0.305 e. The van der Waals surface area contributed by atoms with Gasteiger partial charge in [0.25, 0.3) is 0 Å². The van der Waals surface area contributed by atoms with E-state index in [1.807, 2.05) is 37.3 Å². The molecule has 0 aromatic heterocycles. The Morgan fingerprint density at radius 1 is 1.33 bits per heavy atom. The maximum absolute atomic E-state index is 11.1. The number of aryl methyl sites for hydroxylation is 1. The normalized spacial score (nSPS) is 13.9. The van der Waals surface area contributed by atoms with Gasteiger partial charge in [0.05, 0.1) is 6.10 Å². The van der Waals surface area contributed by atoms with Gasteiger partial charge in [-0.1, -0.05) is 37.3 Å². The first-order valence-corrected chi connectivity index (χ1v) is 6.53. The molecule has 0 saturated heterocycles. The molecule has 0 amide bonds. The molecule has 2 atom stereocenters. The highest BCUT2D eigenvalue weighted by Gasteiger charge is 2.13. The van der Waals surface area contributed by atoms with Crippen LogP contribution in [0.3, 0.4) is 0 Å². The Morgan fingerprint density at radius 2 is 2.00 bits per heavy atom. The van der Waals surface area contributed by atoms with Crippen LogP contribution in [0.15, 0.2) is 30.3 Å². The van der Waals surface area contributed by atoms with Gasteiger partial charge in [-0.2, -0.15) is 0 Å². The molecule has 1 N–H and O–H groups in total. The molecule has 0 bridgehead atoms. The lowest BCUT2D eigenvalue weighted by molar-refractivity contribution is -0.149. The minimum absolute atomic E-state index is 0.210. The van der Waals surface area contributed by atoms with Crippen LogP contribution in [-0.2, 0) is 16.0 Å². The summed E-state index contributed by atoms with van der Waals surface area (Å²) in [6.07, 6.45) is 1.77. The van der Waals surface area contributed by atoms with Crippen LogP contribution >= 0.6 is 0 Å². The van der Waals surface area contributed by atoms with Gasteiger partial charge in [0, 0.05) is 12.8 Å². The second-order valence-corrected chi connectivity index (χ2v) is 4.57. The first-order valence-electron chi connectivity index (χ1n) is 6.53. The van der Waals surface area contributed by atoms with Crippen LogP contribution in [0.25, 0.3) is 0 Å². The summed E-state index contributed by atoms with van der Waals surface area (Å²) in [5.41, 5.74) is 1.22. The van der Waals surface area contributed by atoms with Gasteiger partial charge >= 0.3 is 5.97 Å². The third kappa shape index (κ3) is 5.82. The lowest BCUT2D eigenvalue weighted by atomic mass is 10.0. The number of hydrogen-bond donors (Lipinski definition) is 1. The summed E-state index contributed by atoms with van der Waals surface area (Å²) in [6.45, 7) is 3.58. The van der Waals surface area contributed by atoms with Crippen molar-refractivity contribution < 1.29 is 14.6 Å². The number of carbonyl (C=O) groups is 1. The molecule has 100 valence electrons. The number of hydrogen-bond acceptors (Lipinski definition) is 3. The molecule has 0 fully saturated rings. The van der Waals surface area contributed by atoms with E-state index in [9.17, 15) is 9.90 Å². The second kappa shape index (κ2) is 7.88. The molecule has 3 heteroatoms. The SMILES string of the molecule is CCC(=O)O[C@H](C)C[C@H](O)CCc1ccccc1. The summed E-state index contributed by atoms with van der Waals surface area (Å²) in [5.74, 6) is -0.210. The first-order chi connectivity index (χ1) is 8.61. The largest absolute Gasteiger partial charge is 0.463 e. The zero-order chi connectivity index (χ0) is 13.4. The predicted molar refractivity (Wildman–Crippen MR) is 71.2 cm³/mol. The van der Waals surface area contributed by atoms with E-state index in [1.54, 1.807) is 6.92 Å². The van der Waals surface area contributed by atoms with Crippen LogP contribution in [0.2, 0.25) is 0 Å². The molecule has 1 aromatic carbocycles. The molecule has 0 heterocycles. The van der Waals surface area contributed by atoms with Crippen LogP contribution in [-0.4, -0.2) is 23.3 Å². The van der Waals surface area contributed by atoms with Crippen LogP contribution in [0.1, 0.15) is 38.7 Å². The van der Waals surface area contributed by atoms with E-state index in [-0.39, 0.29) is 12.1 Å². The third-order valence-corrected chi connectivity index (χ3v) is 2.83. The van der Waals surface area contributed by atoms with Gasteiger partial charge in [0.2, 0.25) is 0 Å². The molecule has 0 aliphatic carbocycles. The number of aliphatic hydroxyl groups is 1. The van der Waals surface area contributed by atoms with E-state index in [4.69, 9.17) is 4.74 Å². The van der Waals surface area contributed by atoms with Gasteiger partial charge in [-0.3, -0.25) is 4.79 Å². The quantitative estimate of drug-likeness (QED) is 0.757. The summed E-state index contributed by atoms with van der Waals surface area (Å²) in [5, 5.41) is 9.88. The fourth-order valence-electron chi connectivity index (χ4n) is 1.83. The van der Waals surface area contributed by atoms with Gasteiger partial charge in [-0.25, -0.2) is 0 Å². The Balaban J connectivity index is 2.25. The molecule has 1 aromatic rings. The molecular formula is C15H22O3. The van der Waals surface area contributed by atoms with Crippen molar-refractivity contribution in [2.24, 2.45) is 0 Å². The van der Waals surface area contributed by atoms with Crippen molar-refractivity contribution in [2.45, 2.75) is 51.7 Å². The van der Waals surface area contributed by atoms with Crippen molar-refractivity contribution in [3.8, 4) is 0 Å². The highest BCUT2D eigenvalue weighted by molar-refractivity contribution is 5.69. The molecule has 0 aliphatic heterocycles. The Labute approximate surface area is 109 Å². The average molecular weight is 250 g/mol. The van der Waals surface area contributed by atoms with E-state index in [0.29, 0.717) is 19.3 Å². The number of carbonyl (C=O) groups excluding carboxylic acids is 1. The van der Waals surface area contributed by atoms with Crippen LogP contribution in [0.5, 0.6) is 0 Å². The topological polar surface area (TPSA) is 46.5 Å². The highest BCUT2D eigenvalue weighted by atomic mass is 16.5. The Bertz CT molecular complexity index is 348. The molecule has 3 nitrogen and oxygen atoms in total. The van der Waals surface area contributed by atoms with Crippen molar-refractivity contribution in [2.75, 3.05) is 0 Å². The van der Waals surface area contributed by atoms with Crippen molar-refractivity contribution >= 4 is 5.97 Å². The van der Waals surface area contributed by atoms with Gasteiger partial charge in [-0.15, -0.1) is 0 Å². The molecule has 18 heavy (non-hydrogen) atoms. The zero-order valence-electron chi connectivity index (χ0n) is 11.1. The minimum Gasteiger partial charge on any atom is -0.463 e. The zero-order valence-corrected chi connectivity index (χ0v) is 11.1. The van der Waals surface area contributed by atoms with Crippen LogP contribution < -0.4 is 0 Å². The smallest absolute Gasteiger partial charge is 0.305 e. The van der Waals surface area contributed by atoms with E-state index < -0.39 is 6.10 Å². The summed E-state index contributed by atoms with van der Waals surface area (Å²) < 4.78 is 5.12. The van der Waals surface area contributed by atoms with Crippen molar-refractivity contribution in [3.05, 3.63) is 35.9 Å². The molecule has 1 rings (SSSR count). The van der Waals surface area contributed by atoms with Crippen LogP contribution in [0.4, 0.5) is 0 Å². The van der Waals surface area contributed by atoms with Crippen molar-refractivity contribution in [1.29, 1.82) is 0 Å². The molecule has 0 radical (unpaired) electrons.